The molecule has 0 bridgehead atoms. The summed E-state index contributed by atoms with van der Waals surface area (Å²) >= 11 is 6.50. The van der Waals surface area contributed by atoms with Gasteiger partial charge in [0.1, 0.15) is 11.3 Å². The zero-order valence-electron chi connectivity index (χ0n) is 19.4. The van der Waals surface area contributed by atoms with Gasteiger partial charge in [-0.25, -0.2) is 18.2 Å². The molecule has 1 atom stereocenters. The molecule has 3 heterocycles. The molecule has 0 amide bonds. The van der Waals surface area contributed by atoms with Crippen LogP contribution in [0.2, 0.25) is 5.02 Å². The van der Waals surface area contributed by atoms with E-state index in [1.54, 1.807) is 26.4 Å². The van der Waals surface area contributed by atoms with Crippen molar-refractivity contribution in [3.8, 4) is 22.7 Å². The van der Waals surface area contributed by atoms with Gasteiger partial charge in [0.05, 0.1) is 35.9 Å². The highest BCUT2D eigenvalue weighted by atomic mass is 35.5. The second-order valence-electron chi connectivity index (χ2n) is 8.44. The van der Waals surface area contributed by atoms with Gasteiger partial charge in [0.25, 0.3) is 5.56 Å². The van der Waals surface area contributed by atoms with E-state index in [0.29, 0.717) is 16.8 Å². The van der Waals surface area contributed by atoms with Gasteiger partial charge in [-0.3, -0.25) is 4.79 Å². The lowest BCUT2D eigenvalue weighted by atomic mass is 10.1. The number of pyridine rings is 1. The highest BCUT2D eigenvalue weighted by molar-refractivity contribution is 6.35. The molecule has 184 valence electrons. The van der Waals surface area contributed by atoms with Crippen LogP contribution in [-0.2, 0) is 0 Å². The number of H-pyrrole nitrogens is 1. The van der Waals surface area contributed by atoms with Gasteiger partial charge in [-0.15, -0.1) is 0 Å². The Labute approximate surface area is 208 Å². The van der Waals surface area contributed by atoms with E-state index >= 15 is 0 Å². The number of methoxy groups -OCH3 is 1. The van der Waals surface area contributed by atoms with Crippen molar-refractivity contribution in [3.63, 3.8) is 0 Å². The summed E-state index contributed by atoms with van der Waals surface area (Å²) in [5, 5.41) is 0.754. The van der Waals surface area contributed by atoms with E-state index in [1.807, 2.05) is 35.9 Å². The zero-order valence-corrected chi connectivity index (χ0v) is 20.2. The van der Waals surface area contributed by atoms with E-state index in [9.17, 15) is 18.0 Å². The first-order valence-electron chi connectivity index (χ1n) is 10.9. The number of aryl methyl sites for hydroxylation is 1. The number of aromatic nitrogens is 4. The molecule has 1 unspecified atom stereocenters. The summed E-state index contributed by atoms with van der Waals surface area (Å²) in [5.74, 6) is -3.63. The van der Waals surface area contributed by atoms with Crippen molar-refractivity contribution in [1.82, 2.24) is 19.1 Å². The molecular weight excluding hydrogens is 493 g/mol. The highest BCUT2D eigenvalue weighted by Crippen LogP contribution is 2.33. The van der Waals surface area contributed by atoms with Crippen LogP contribution in [0, 0.1) is 24.4 Å². The third-order valence-corrected chi connectivity index (χ3v) is 6.46. The largest absolute Gasteiger partial charge is 0.495 e. The summed E-state index contributed by atoms with van der Waals surface area (Å²) in [6.45, 7) is 3.46. The summed E-state index contributed by atoms with van der Waals surface area (Å²) in [6.07, 6.45) is 4.97. The number of benzene rings is 2. The summed E-state index contributed by atoms with van der Waals surface area (Å²) in [4.78, 5) is 20.7. The van der Waals surface area contributed by atoms with E-state index in [0.717, 1.165) is 29.1 Å². The molecule has 1 N–H and O–H groups in total. The Morgan fingerprint density at radius 3 is 2.44 bits per heavy atom. The number of imidazole rings is 1. The topological polar surface area (TPSA) is 64.8 Å². The van der Waals surface area contributed by atoms with Crippen LogP contribution in [0.15, 0.2) is 59.9 Å². The van der Waals surface area contributed by atoms with E-state index in [4.69, 9.17) is 16.3 Å². The van der Waals surface area contributed by atoms with Crippen LogP contribution in [0.1, 0.15) is 24.2 Å². The average Bonchev–Trinajstić information content (AvgIpc) is 3.51. The van der Waals surface area contributed by atoms with Gasteiger partial charge in [0, 0.05) is 29.0 Å². The number of ether oxygens (including phenoxy) is 1. The summed E-state index contributed by atoms with van der Waals surface area (Å²) in [7, 11) is 1.57. The van der Waals surface area contributed by atoms with Gasteiger partial charge in [0.15, 0.2) is 17.5 Å². The number of hydrogen-bond acceptors (Lipinski definition) is 3. The molecule has 5 rings (SSSR count). The lowest BCUT2D eigenvalue weighted by Gasteiger charge is -2.17. The van der Waals surface area contributed by atoms with Crippen molar-refractivity contribution in [3.05, 3.63) is 99.2 Å². The van der Waals surface area contributed by atoms with Crippen molar-refractivity contribution in [2.24, 2.45) is 0 Å². The van der Waals surface area contributed by atoms with Gasteiger partial charge < -0.3 is 18.9 Å². The maximum Gasteiger partial charge on any atom is 0.275 e. The van der Waals surface area contributed by atoms with E-state index < -0.39 is 29.1 Å². The molecular formula is C26H20ClF3N4O2. The number of hydrogen-bond donors (Lipinski definition) is 1. The molecule has 0 spiro atoms. The Morgan fingerprint density at radius 2 is 1.81 bits per heavy atom. The minimum Gasteiger partial charge on any atom is -0.495 e. The highest BCUT2D eigenvalue weighted by Gasteiger charge is 2.20. The molecule has 0 aliphatic carbocycles. The van der Waals surface area contributed by atoms with Gasteiger partial charge in [-0.05, 0) is 49.7 Å². The second kappa shape index (κ2) is 8.91. The minimum atomic E-state index is -1.56. The molecule has 6 nitrogen and oxygen atoms in total. The SMILES string of the molecule is COc1cc(-c2cc3c(Cl)cn(C(C)c4cc(F)c(F)c(F)c4)c(=O)c3[nH]2)ccc1-n1cnc(C)c1. The predicted octanol–water partition coefficient (Wildman–Crippen LogP) is 6.18. The van der Waals surface area contributed by atoms with Crippen LogP contribution in [0.25, 0.3) is 27.8 Å². The zero-order chi connectivity index (χ0) is 25.7. The number of nitrogens with one attached hydrogen (secondary N) is 1. The number of rotatable bonds is 5. The quantitative estimate of drug-likeness (QED) is 0.286. The first kappa shape index (κ1) is 23.7. The van der Waals surface area contributed by atoms with Crippen LogP contribution < -0.4 is 10.3 Å². The van der Waals surface area contributed by atoms with Crippen molar-refractivity contribution in [1.29, 1.82) is 0 Å². The summed E-state index contributed by atoms with van der Waals surface area (Å²) in [5.41, 5.74) is 2.90. The van der Waals surface area contributed by atoms with Crippen molar-refractivity contribution >= 4 is 22.5 Å². The molecule has 0 saturated heterocycles. The third-order valence-electron chi connectivity index (χ3n) is 6.16. The molecule has 0 saturated carbocycles. The number of aromatic amines is 1. The maximum atomic E-state index is 13.8. The van der Waals surface area contributed by atoms with Gasteiger partial charge in [-0.1, -0.05) is 17.7 Å². The number of nitrogens with zero attached hydrogens (tertiary/aromatic N) is 3. The normalized spacial score (nSPS) is 12.3. The van der Waals surface area contributed by atoms with Crippen molar-refractivity contribution in [2.45, 2.75) is 19.9 Å². The molecule has 2 aromatic carbocycles. The molecule has 36 heavy (non-hydrogen) atoms. The standard InChI is InChI=1S/C26H20ClF3N4O2/c1-13-10-33(12-31-13)22-5-4-15(8-23(22)36-3)21-9-17-18(27)11-34(26(35)25(17)32-21)14(2)16-6-19(28)24(30)20(29)7-16/h4-12,14,32H,1-3H3. The number of halogens is 4. The lowest BCUT2D eigenvalue weighted by molar-refractivity contribution is 0.413. The van der Waals surface area contributed by atoms with Crippen LogP contribution in [0.5, 0.6) is 5.75 Å². The third kappa shape index (κ3) is 3.95. The Morgan fingerprint density at radius 1 is 1.08 bits per heavy atom. The molecule has 0 aliphatic rings. The van der Waals surface area contributed by atoms with Gasteiger partial charge in [0.2, 0.25) is 0 Å². The van der Waals surface area contributed by atoms with Gasteiger partial charge in [-0.2, -0.15) is 0 Å². The first-order chi connectivity index (χ1) is 17.2. The minimum absolute atomic E-state index is 0.0887. The Hall–Kier alpha value is -3.98. The van der Waals surface area contributed by atoms with Gasteiger partial charge >= 0.3 is 0 Å². The first-order valence-corrected chi connectivity index (χ1v) is 11.3. The smallest absolute Gasteiger partial charge is 0.275 e. The molecule has 10 heteroatoms. The van der Waals surface area contributed by atoms with E-state index in [-0.39, 0.29) is 16.1 Å². The molecule has 0 radical (unpaired) electrons. The van der Waals surface area contributed by atoms with Crippen molar-refractivity contribution < 1.29 is 17.9 Å². The van der Waals surface area contributed by atoms with E-state index in [2.05, 4.69) is 9.97 Å². The second-order valence-corrected chi connectivity index (χ2v) is 8.85. The summed E-state index contributed by atoms with van der Waals surface area (Å²) in [6, 6.07) is 8.24. The lowest BCUT2D eigenvalue weighted by Crippen LogP contribution is -2.24. The van der Waals surface area contributed by atoms with Crippen LogP contribution in [0.4, 0.5) is 13.2 Å². The van der Waals surface area contributed by atoms with Crippen LogP contribution >= 0.6 is 11.6 Å². The van der Waals surface area contributed by atoms with Crippen LogP contribution in [-0.4, -0.2) is 26.2 Å². The monoisotopic (exact) mass is 512 g/mol. The fourth-order valence-corrected chi connectivity index (χ4v) is 4.48. The Bertz CT molecular complexity index is 1670. The number of fused-ring (bicyclic) bond motifs is 1. The average molecular weight is 513 g/mol. The molecule has 3 aromatic heterocycles. The Balaban J connectivity index is 1.59. The Kier molecular flexibility index (Phi) is 5.88. The molecule has 0 aliphatic heterocycles. The maximum absolute atomic E-state index is 13.8. The fourth-order valence-electron chi connectivity index (χ4n) is 4.22. The van der Waals surface area contributed by atoms with E-state index in [1.165, 1.54) is 10.8 Å². The van der Waals surface area contributed by atoms with Crippen LogP contribution in [0.3, 0.4) is 0 Å². The fraction of sp³-hybridized carbons (Fsp3) is 0.154. The predicted molar refractivity (Wildman–Crippen MR) is 132 cm³/mol. The van der Waals surface area contributed by atoms with Crippen molar-refractivity contribution in [2.75, 3.05) is 7.11 Å². The molecule has 5 aromatic rings. The molecule has 0 fully saturated rings. The summed E-state index contributed by atoms with van der Waals surface area (Å²) < 4.78 is 49.7.